The lowest BCUT2D eigenvalue weighted by molar-refractivity contribution is -0.131. The van der Waals surface area contributed by atoms with Crippen LogP contribution in [0.4, 0.5) is 0 Å². The molecule has 1 aromatic rings. The molecule has 0 heterocycles. The van der Waals surface area contributed by atoms with Crippen LogP contribution in [0.5, 0.6) is 5.75 Å². The van der Waals surface area contributed by atoms with Gasteiger partial charge in [-0.3, -0.25) is 4.79 Å². The molecule has 0 aliphatic heterocycles. The minimum Gasteiger partial charge on any atom is -0.484 e. The summed E-state index contributed by atoms with van der Waals surface area (Å²) >= 11 is 0. The molecule has 18 heavy (non-hydrogen) atoms. The number of nitrogens with zero attached hydrogens (tertiary/aromatic N) is 2. The molecule has 1 N–H and O–H groups in total. The number of ether oxygens (including phenoxy) is 1. The van der Waals surface area contributed by atoms with Crippen molar-refractivity contribution in [1.29, 1.82) is 0 Å². The fourth-order valence-corrected chi connectivity index (χ4v) is 1.30. The lowest BCUT2D eigenvalue weighted by Crippen LogP contribution is -2.31. The normalized spacial score (nSPS) is 11.2. The zero-order valence-electron chi connectivity index (χ0n) is 10.9. The fourth-order valence-electron chi connectivity index (χ4n) is 1.30. The van der Waals surface area contributed by atoms with E-state index in [1.54, 1.807) is 37.1 Å². The molecular formula is C13H18N2O3. The number of hydrogen-bond acceptors (Lipinski definition) is 4. The van der Waals surface area contributed by atoms with E-state index in [2.05, 4.69) is 5.16 Å². The first-order valence-corrected chi connectivity index (χ1v) is 5.74. The molecule has 0 bridgehead atoms. The Morgan fingerprint density at radius 2 is 2.22 bits per heavy atom. The summed E-state index contributed by atoms with van der Waals surface area (Å²) in [5.74, 6) is 0.504. The van der Waals surface area contributed by atoms with Gasteiger partial charge < -0.3 is 14.8 Å². The summed E-state index contributed by atoms with van der Waals surface area (Å²) in [6.07, 6.45) is 0. The Morgan fingerprint density at radius 1 is 1.50 bits per heavy atom. The van der Waals surface area contributed by atoms with Crippen molar-refractivity contribution in [2.75, 3.05) is 20.2 Å². The molecule has 0 aliphatic rings. The number of hydrogen-bond donors (Lipinski definition) is 1. The second-order valence-electron chi connectivity index (χ2n) is 3.91. The van der Waals surface area contributed by atoms with Crippen LogP contribution < -0.4 is 4.74 Å². The van der Waals surface area contributed by atoms with E-state index in [0.717, 1.165) is 5.56 Å². The van der Waals surface area contributed by atoms with Gasteiger partial charge in [-0.05, 0) is 26.0 Å². The highest BCUT2D eigenvalue weighted by Crippen LogP contribution is 2.14. The number of rotatable bonds is 5. The largest absolute Gasteiger partial charge is 0.484 e. The van der Waals surface area contributed by atoms with Crippen molar-refractivity contribution in [3.8, 4) is 5.75 Å². The van der Waals surface area contributed by atoms with Crippen LogP contribution in [0.1, 0.15) is 19.4 Å². The highest BCUT2D eigenvalue weighted by atomic mass is 16.5. The van der Waals surface area contributed by atoms with Crippen molar-refractivity contribution in [3.05, 3.63) is 29.8 Å². The summed E-state index contributed by atoms with van der Waals surface area (Å²) in [7, 11) is 1.73. The van der Waals surface area contributed by atoms with E-state index in [1.165, 1.54) is 0 Å². The summed E-state index contributed by atoms with van der Waals surface area (Å²) in [5.41, 5.74) is 1.25. The molecule has 0 aliphatic carbocycles. The maximum absolute atomic E-state index is 11.6. The Kier molecular flexibility index (Phi) is 5.17. The van der Waals surface area contributed by atoms with Crippen LogP contribution in [0.3, 0.4) is 0 Å². The summed E-state index contributed by atoms with van der Waals surface area (Å²) < 4.78 is 5.40. The first kappa shape index (κ1) is 14.0. The Balaban J connectivity index is 2.66. The van der Waals surface area contributed by atoms with Crippen LogP contribution in [0.25, 0.3) is 0 Å². The molecule has 5 nitrogen and oxygen atoms in total. The van der Waals surface area contributed by atoms with Crippen molar-refractivity contribution >= 4 is 11.6 Å². The highest BCUT2D eigenvalue weighted by molar-refractivity contribution is 5.98. The minimum atomic E-state index is -0.0737. The summed E-state index contributed by atoms with van der Waals surface area (Å²) in [6, 6.07) is 7.08. The van der Waals surface area contributed by atoms with Crippen LogP contribution >= 0.6 is 0 Å². The van der Waals surface area contributed by atoms with Crippen molar-refractivity contribution in [2.45, 2.75) is 13.8 Å². The molecule has 0 fully saturated rings. The SMILES string of the molecule is CCN(C)C(=O)COc1cccc(/C(C)=N/O)c1. The van der Waals surface area contributed by atoms with Crippen LogP contribution in [0, 0.1) is 0 Å². The molecule has 98 valence electrons. The molecule has 0 atom stereocenters. The van der Waals surface area contributed by atoms with Gasteiger partial charge in [-0.1, -0.05) is 17.3 Å². The van der Waals surface area contributed by atoms with Crippen molar-refractivity contribution in [1.82, 2.24) is 4.90 Å². The van der Waals surface area contributed by atoms with Crippen molar-refractivity contribution in [3.63, 3.8) is 0 Å². The number of carbonyl (C=O) groups excluding carboxylic acids is 1. The van der Waals surface area contributed by atoms with E-state index in [4.69, 9.17) is 9.94 Å². The Labute approximate surface area is 107 Å². The Bertz CT molecular complexity index is 444. The topological polar surface area (TPSA) is 62.1 Å². The maximum atomic E-state index is 11.6. The zero-order valence-corrected chi connectivity index (χ0v) is 10.9. The smallest absolute Gasteiger partial charge is 0.260 e. The summed E-state index contributed by atoms with van der Waals surface area (Å²) in [5, 5.41) is 11.8. The number of carbonyl (C=O) groups is 1. The molecule has 0 spiro atoms. The molecular weight excluding hydrogens is 232 g/mol. The van der Waals surface area contributed by atoms with E-state index in [1.807, 2.05) is 13.0 Å². The molecule has 0 saturated heterocycles. The van der Waals surface area contributed by atoms with E-state index in [9.17, 15) is 4.79 Å². The second kappa shape index (κ2) is 6.64. The second-order valence-corrected chi connectivity index (χ2v) is 3.91. The third-order valence-corrected chi connectivity index (χ3v) is 2.66. The van der Waals surface area contributed by atoms with Gasteiger partial charge in [0, 0.05) is 19.2 Å². The van der Waals surface area contributed by atoms with Crippen LogP contribution in [-0.4, -0.2) is 41.9 Å². The van der Waals surface area contributed by atoms with Gasteiger partial charge >= 0.3 is 0 Å². The number of oxime groups is 1. The zero-order chi connectivity index (χ0) is 13.5. The van der Waals surface area contributed by atoms with Crippen molar-refractivity contribution < 1.29 is 14.7 Å². The minimum absolute atomic E-state index is 0.00308. The van der Waals surface area contributed by atoms with Gasteiger partial charge in [0.05, 0.1) is 5.71 Å². The van der Waals surface area contributed by atoms with Gasteiger partial charge in [0.1, 0.15) is 5.75 Å². The molecule has 0 aromatic heterocycles. The molecule has 0 unspecified atom stereocenters. The van der Waals surface area contributed by atoms with E-state index < -0.39 is 0 Å². The molecule has 0 saturated carbocycles. The van der Waals surface area contributed by atoms with Gasteiger partial charge in [0.2, 0.25) is 0 Å². The summed E-state index contributed by atoms with van der Waals surface area (Å²) in [4.78, 5) is 13.1. The first-order valence-electron chi connectivity index (χ1n) is 5.74. The van der Waals surface area contributed by atoms with Gasteiger partial charge in [-0.25, -0.2) is 0 Å². The molecule has 5 heteroatoms. The predicted octanol–water partition coefficient (Wildman–Crippen LogP) is 1.74. The lowest BCUT2D eigenvalue weighted by atomic mass is 10.1. The van der Waals surface area contributed by atoms with Gasteiger partial charge in [-0.2, -0.15) is 0 Å². The quantitative estimate of drug-likeness (QED) is 0.492. The molecule has 1 aromatic carbocycles. The number of benzene rings is 1. The third kappa shape index (κ3) is 3.76. The fraction of sp³-hybridized carbons (Fsp3) is 0.385. The number of amides is 1. The van der Waals surface area contributed by atoms with E-state index in [0.29, 0.717) is 18.0 Å². The third-order valence-electron chi connectivity index (χ3n) is 2.66. The molecule has 0 radical (unpaired) electrons. The van der Waals surface area contributed by atoms with Gasteiger partial charge in [0.25, 0.3) is 5.91 Å². The summed E-state index contributed by atoms with van der Waals surface area (Å²) in [6.45, 7) is 4.25. The monoisotopic (exact) mass is 250 g/mol. The highest BCUT2D eigenvalue weighted by Gasteiger charge is 2.07. The van der Waals surface area contributed by atoms with E-state index in [-0.39, 0.29) is 12.5 Å². The maximum Gasteiger partial charge on any atom is 0.260 e. The van der Waals surface area contributed by atoms with E-state index >= 15 is 0 Å². The van der Waals surface area contributed by atoms with Crippen molar-refractivity contribution in [2.24, 2.45) is 5.16 Å². The first-order chi connectivity index (χ1) is 8.58. The average molecular weight is 250 g/mol. The average Bonchev–Trinajstić information content (AvgIpc) is 2.43. The predicted molar refractivity (Wildman–Crippen MR) is 69.2 cm³/mol. The molecule has 1 rings (SSSR count). The Hall–Kier alpha value is -2.04. The van der Waals surface area contributed by atoms with Crippen LogP contribution in [0.15, 0.2) is 29.4 Å². The lowest BCUT2D eigenvalue weighted by Gasteiger charge is -2.15. The molecule has 1 amide bonds. The Morgan fingerprint density at radius 3 is 2.83 bits per heavy atom. The van der Waals surface area contributed by atoms with Crippen LogP contribution in [0.2, 0.25) is 0 Å². The van der Waals surface area contributed by atoms with Crippen LogP contribution in [-0.2, 0) is 4.79 Å². The van der Waals surface area contributed by atoms with Gasteiger partial charge in [0.15, 0.2) is 6.61 Å². The standard InChI is InChI=1S/C13H18N2O3/c1-4-15(3)13(16)9-18-12-7-5-6-11(8-12)10(2)14-17/h5-8,17H,4,9H2,1-3H3/b14-10+. The number of likely N-dealkylation sites (N-methyl/N-ethyl adjacent to an activating group) is 1. The van der Waals surface area contributed by atoms with Gasteiger partial charge in [-0.15, -0.1) is 0 Å².